The minimum atomic E-state index is -0.193. The quantitative estimate of drug-likeness (QED) is 0.722. The molecule has 0 saturated heterocycles. The summed E-state index contributed by atoms with van der Waals surface area (Å²) in [4.78, 5) is 14.8. The number of hydrogen-bond donors (Lipinski definition) is 0. The molecule has 1 aliphatic carbocycles. The van der Waals surface area contributed by atoms with Gasteiger partial charge in [-0.15, -0.1) is 0 Å². The Balaban J connectivity index is 2.46. The fraction of sp³-hybridized carbons (Fsp3) is 0.333. The second-order valence-corrected chi connectivity index (χ2v) is 3.98. The minimum absolute atomic E-state index is 0.193. The molecule has 1 aliphatic rings. The van der Waals surface area contributed by atoms with Crippen molar-refractivity contribution in [1.29, 1.82) is 0 Å². The highest BCUT2D eigenvalue weighted by molar-refractivity contribution is 9.10. The summed E-state index contributed by atoms with van der Waals surface area (Å²) in [5.74, 6) is 0. The van der Waals surface area contributed by atoms with E-state index in [1.54, 1.807) is 12.4 Å². The first-order valence-corrected chi connectivity index (χ1v) is 4.64. The third kappa shape index (κ3) is 1.08. The second kappa shape index (κ2) is 2.66. The maximum absolute atomic E-state index is 10.8. The lowest BCUT2D eigenvalue weighted by Gasteiger charge is -2.08. The van der Waals surface area contributed by atoms with E-state index in [1.165, 1.54) is 0 Å². The summed E-state index contributed by atoms with van der Waals surface area (Å²) in [5, 5.41) is 0. The standard InChI is InChI=1S/C9H8BrNO/c10-8-5-11-4-1-7(8)9(6-12)2-3-9/h1,4-6H,2-3H2. The van der Waals surface area contributed by atoms with Crippen LogP contribution in [0.3, 0.4) is 0 Å². The minimum Gasteiger partial charge on any atom is -0.302 e. The van der Waals surface area contributed by atoms with Gasteiger partial charge in [-0.3, -0.25) is 4.98 Å². The van der Waals surface area contributed by atoms with Gasteiger partial charge in [0.25, 0.3) is 0 Å². The predicted molar refractivity (Wildman–Crippen MR) is 48.9 cm³/mol. The average molecular weight is 226 g/mol. The predicted octanol–water partition coefficient (Wildman–Crippen LogP) is 2.07. The molecule has 0 atom stereocenters. The van der Waals surface area contributed by atoms with Gasteiger partial charge in [-0.2, -0.15) is 0 Å². The Kier molecular flexibility index (Phi) is 1.76. The zero-order valence-electron chi connectivity index (χ0n) is 6.46. The molecule has 0 amide bonds. The molecule has 3 heteroatoms. The van der Waals surface area contributed by atoms with E-state index in [9.17, 15) is 4.79 Å². The van der Waals surface area contributed by atoms with Gasteiger partial charge in [0.15, 0.2) is 0 Å². The molecular formula is C9H8BrNO. The molecule has 0 aliphatic heterocycles. The lowest BCUT2D eigenvalue weighted by Crippen LogP contribution is -2.08. The molecule has 2 rings (SSSR count). The monoisotopic (exact) mass is 225 g/mol. The van der Waals surface area contributed by atoms with Gasteiger partial charge in [-0.05, 0) is 40.4 Å². The summed E-state index contributed by atoms with van der Waals surface area (Å²) in [7, 11) is 0. The fourth-order valence-corrected chi connectivity index (χ4v) is 2.01. The van der Waals surface area contributed by atoms with Crippen LogP contribution in [0.4, 0.5) is 0 Å². The van der Waals surface area contributed by atoms with Gasteiger partial charge >= 0.3 is 0 Å². The number of rotatable bonds is 2. The van der Waals surface area contributed by atoms with E-state index < -0.39 is 0 Å². The number of aldehydes is 1. The van der Waals surface area contributed by atoms with Crippen LogP contribution in [0.5, 0.6) is 0 Å². The molecule has 12 heavy (non-hydrogen) atoms. The number of aromatic nitrogens is 1. The van der Waals surface area contributed by atoms with E-state index in [-0.39, 0.29) is 5.41 Å². The van der Waals surface area contributed by atoms with E-state index in [0.717, 1.165) is 29.2 Å². The SMILES string of the molecule is O=CC1(c2ccncc2Br)CC1. The van der Waals surface area contributed by atoms with Crippen LogP contribution < -0.4 is 0 Å². The smallest absolute Gasteiger partial charge is 0.130 e. The maximum atomic E-state index is 10.8. The Hall–Kier alpha value is -0.700. The molecule has 0 N–H and O–H groups in total. The molecule has 2 nitrogen and oxygen atoms in total. The maximum Gasteiger partial charge on any atom is 0.130 e. The summed E-state index contributed by atoms with van der Waals surface area (Å²) in [6, 6.07) is 1.91. The van der Waals surface area contributed by atoms with Gasteiger partial charge < -0.3 is 4.79 Å². The van der Waals surface area contributed by atoms with Gasteiger partial charge in [0.1, 0.15) is 6.29 Å². The highest BCUT2D eigenvalue weighted by Crippen LogP contribution is 2.48. The van der Waals surface area contributed by atoms with Crippen molar-refractivity contribution in [2.45, 2.75) is 18.3 Å². The van der Waals surface area contributed by atoms with Gasteiger partial charge in [0.2, 0.25) is 0 Å². The summed E-state index contributed by atoms with van der Waals surface area (Å²) < 4.78 is 0.939. The van der Waals surface area contributed by atoms with Crippen molar-refractivity contribution >= 4 is 22.2 Å². The molecular weight excluding hydrogens is 218 g/mol. The van der Waals surface area contributed by atoms with Crippen LogP contribution in [0.1, 0.15) is 18.4 Å². The van der Waals surface area contributed by atoms with Crippen LogP contribution in [0, 0.1) is 0 Å². The first-order valence-electron chi connectivity index (χ1n) is 3.85. The summed E-state index contributed by atoms with van der Waals surface area (Å²) >= 11 is 3.39. The number of carbonyl (C=O) groups is 1. The number of hydrogen-bond acceptors (Lipinski definition) is 2. The highest BCUT2D eigenvalue weighted by atomic mass is 79.9. The van der Waals surface area contributed by atoms with Crippen molar-refractivity contribution < 1.29 is 4.79 Å². The highest BCUT2D eigenvalue weighted by Gasteiger charge is 2.45. The Labute approximate surface area is 79.1 Å². The number of pyridine rings is 1. The van der Waals surface area contributed by atoms with Gasteiger partial charge in [0, 0.05) is 16.9 Å². The lowest BCUT2D eigenvalue weighted by molar-refractivity contribution is -0.109. The van der Waals surface area contributed by atoms with Crippen molar-refractivity contribution in [1.82, 2.24) is 4.98 Å². The van der Waals surface area contributed by atoms with Crippen molar-refractivity contribution in [2.24, 2.45) is 0 Å². The topological polar surface area (TPSA) is 30.0 Å². The van der Waals surface area contributed by atoms with Crippen LogP contribution in [-0.2, 0) is 10.2 Å². The molecule has 1 saturated carbocycles. The molecule has 1 fully saturated rings. The average Bonchev–Trinajstić information content (AvgIpc) is 2.86. The van der Waals surface area contributed by atoms with Crippen molar-refractivity contribution in [3.8, 4) is 0 Å². The van der Waals surface area contributed by atoms with Crippen LogP contribution in [0.2, 0.25) is 0 Å². The van der Waals surface area contributed by atoms with Crippen LogP contribution in [0.15, 0.2) is 22.9 Å². The zero-order valence-corrected chi connectivity index (χ0v) is 8.04. The Bertz CT molecular complexity index is 320. The molecule has 0 radical (unpaired) electrons. The van der Waals surface area contributed by atoms with Crippen molar-refractivity contribution in [3.05, 3.63) is 28.5 Å². The van der Waals surface area contributed by atoms with E-state index in [0.29, 0.717) is 0 Å². The van der Waals surface area contributed by atoms with Crippen molar-refractivity contribution in [2.75, 3.05) is 0 Å². The molecule has 0 bridgehead atoms. The summed E-state index contributed by atoms with van der Waals surface area (Å²) in [6.45, 7) is 0. The van der Waals surface area contributed by atoms with E-state index in [4.69, 9.17) is 0 Å². The number of carbonyl (C=O) groups excluding carboxylic acids is 1. The fourth-order valence-electron chi connectivity index (χ4n) is 1.36. The molecule has 1 aromatic heterocycles. The van der Waals surface area contributed by atoms with Gasteiger partial charge in [0.05, 0.1) is 5.41 Å². The Morgan fingerprint density at radius 2 is 2.33 bits per heavy atom. The van der Waals surface area contributed by atoms with E-state index in [1.807, 2.05) is 6.07 Å². The van der Waals surface area contributed by atoms with Crippen LogP contribution >= 0.6 is 15.9 Å². The third-order valence-electron chi connectivity index (χ3n) is 2.32. The van der Waals surface area contributed by atoms with Crippen LogP contribution in [0.25, 0.3) is 0 Å². The van der Waals surface area contributed by atoms with Crippen molar-refractivity contribution in [3.63, 3.8) is 0 Å². The second-order valence-electron chi connectivity index (χ2n) is 3.13. The Morgan fingerprint density at radius 1 is 1.58 bits per heavy atom. The summed E-state index contributed by atoms with van der Waals surface area (Å²) in [6.07, 6.45) is 6.45. The molecule has 1 heterocycles. The van der Waals surface area contributed by atoms with E-state index in [2.05, 4.69) is 20.9 Å². The molecule has 0 unspecified atom stereocenters. The zero-order chi connectivity index (χ0) is 8.60. The molecule has 62 valence electrons. The number of halogens is 1. The molecule has 1 aromatic rings. The lowest BCUT2D eigenvalue weighted by atomic mass is 9.99. The Morgan fingerprint density at radius 3 is 2.83 bits per heavy atom. The molecule has 0 spiro atoms. The summed E-state index contributed by atoms with van der Waals surface area (Å²) in [5.41, 5.74) is 0.884. The first-order chi connectivity index (χ1) is 5.78. The van der Waals surface area contributed by atoms with Crippen LogP contribution in [-0.4, -0.2) is 11.3 Å². The number of nitrogens with zero attached hydrogens (tertiary/aromatic N) is 1. The van der Waals surface area contributed by atoms with Gasteiger partial charge in [-0.25, -0.2) is 0 Å². The normalized spacial score (nSPS) is 18.8. The first kappa shape index (κ1) is 7.92. The van der Waals surface area contributed by atoms with E-state index >= 15 is 0 Å². The third-order valence-corrected chi connectivity index (χ3v) is 2.96. The van der Waals surface area contributed by atoms with Gasteiger partial charge in [-0.1, -0.05) is 0 Å². The largest absolute Gasteiger partial charge is 0.302 e. The molecule has 0 aromatic carbocycles.